The summed E-state index contributed by atoms with van der Waals surface area (Å²) >= 11 is 5.58. The van der Waals surface area contributed by atoms with E-state index in [0.717, 1.165) is 6.07 Å². The predicted octanol–water partition coefficient (Wildman–Crippen LogP) is 2.96. The number of anilines is 1. The second-order valence-corrected chi connectivity index (χ2v) is 4.37. The van der Waals surface area contributed by atoms with Crippen molar-refractivity contribution in [3.63, 3.8) is 0 Å². The van der Waals surface area contributed by atoms with Gasteiger partial charge in [0.05, 0.1) is 22.1 Å². The standard InChI is InChI=1S/C11H14ClFN2O3/c1-7(16)3-2-4-14-10-5-8(12)9(13)6-11(10)15(17)18/h5-7,14,16H,2-4H2,1H3. The molecule has 7 heteroatoms. The van der Waals surface area contributed by atoms with E-state index >= 15 is 0 Å². The van der Waals surface area contributed by atoms with E-state index in [9.17, 15) is 14.5 Å². The number of nitrogens with zero attached hydrogens (tertiary/aromatic N) is 1. The first-order valence-electron chi connectivity index (χ1n) is 5.47. The van der Waals surface area contributed by atoms with Gasteiger partial charge in [-0.2, -0.15) is 0 Å². The minimum Gasteiger partial charge on any atom is -0.393 e. The smallest absolute Gasteiger partial charge is 0.295 e. The maximum atomic E-state index is 13.1. The first-order valence-corrected chi connectivity index (χ1v) is 5.85. The Morgan fingerprint density at radius 1 is 1.61 bits per heavy atom. The van der Waals surface area contributed by atoms with Crippen LogP contribution in [0.5, 0.6) is 0 Å². The minimum atomic E-state index is -0.821. The van der Waals surface area contributed by atoms with Crippen LogP contribution in [-0.2, 0) is 0 Å². The Morgan fingerprint density at radius 3 is 2.83 bits per heavy atom. The molecule has 5 nitrogen and oxygen atoms in total. The van der Waals surface area contributed by atoms with Gasteiger partial charge in [-0.15, -0.1) is 0 Å². The van der Waals surface area contributed by atoms with E-state index < -0.39 is 16.8 Å². The summed E-state index contributed by atoms with van der Waals surface area (Å²) in [5, 5.41) is 22.5. The number of benzene rings is 1. The molecule has 0 aliphatic rings. The molecule has 0 spiro atoms. The van der Waals surface area contributed by atoms with E-state index in [0.29, 0.717) is 19.4 Å². The summed E-state index contributed by atoms with van der Waals surface area (Å²) in [4.78, 5) is 10.1. The van der Waals surface area contributed by atoms with Crippen LogP contribution >= 0.6 is 11.6 Å². The van der Waals surface area contributed by atoms with Gasteiger partial charge in [-0.1, -0.05) is 11.6 Å². The molecule has 1 aromatic rings. The van der Waals surface area contributed by atoms with Gasteiger partial charge in [0, 0.05) is 6.54 Å². The van der Waals surface area contributed by atoms with E-state index in [1.807, 2.05) is 0 Å². The number of nitro benzene ring substituents is 1. The van der Waals surface area contributed by atoms with Crippen LogP contribution in [0.15, 0.2) is 12.1 Å². The summed E-state index contributed by atoms with van der Waals surface area (Å²) in [6.45, 7) is 2.10. The van der Waals surface area contributed by atoms with Gasteiger partial charge in [-0.3, -0.25) is 10.1 Å². The van der Waals surface area contributed by atoms with Gasteiger partial charge in [0.15, 0.2) is 0 Å². The highest BCUT2D eigenvalue weighted by Gasteiger charge is 2.17. The Hall–Kier alpha value is -1.40. The molecule has 0 bridgehead atoms. The second kappa shape index (κ2) is 6.51. The molecule has 0 heterocycles. The monoisotopic (exact) mass is 276 g/mol. The van der Waals surface area contributed by atoms with Crippen molar-refractivity contribution in [2.75, 3.05) is 11.9 Å². The third-order valence-corrected chi connectivity index (χ3v) is 2.64. The minimum absolute atomic E-state index is 0.168. The zero-order valence-electron chi connectivity index (χ0n) is 9.82. The number of nitrogens with one attached hydrogen (secondary N) is 1. The van der Waals surface area contributed by atoms with Crippen LogP contribution in [0.25, 0.3) is 0 Å². The fraction of sp³-hybridized carbons (Fsp3) is 0.455. The summed E-state index contributed by atoms with van der Waals surface area (Å²) in [5.41, 5.74) is -0.175. The van der Waals surface area contributed by atoms with Gasteiger partial charge >= 0.3 is 0 Å². The molecule has 1 aromatic carbocycles. The van der Waals surface area contributed by atoms with Gasteiger partial charge < -0.3 is 10.4 Å². The van der Waals surface area contributed by atoms with Crippen LogP contribution in [0.2, 0.25) is 5.02 Å². The Balaban J connectivity index is 2.74. The molecule has 100 valence electrons. The molecule has 1 unspecified atom stereocenters. The number of hydrogen-bond acceptors (Lipinski definition) is 4. The highest BCUT2D eigenvalue weighted by Crippen LogP contribution is 2.30. The number of hydrogen-bond donors (Lipinski definition) is 2. The lowest BCUT2D eigenvalue weighted by molar-refractivity contribution is -0.384. The Kier molecular flexibility index (Phi) is 5.30. The maximum Gasteiger partial charge on any atom is 0.295 e. The van der Waals surface area contributed by atoms with Gasteiger partial charge in [0.1, 0.15) is 11.5 Å². The molecule has 1 atom stereocenters. The fourth-order valence-electron chi connectivity index (χ4n) is 1.45. The molecular formula is C11H14ClFN2O3. The second-order valence-electron chi connectivity index (χ2n) is 3.96. The van der Waals surface area contributed by atoms with Crippen molar-refractivity contribution >= 4 is 23.0 Å². The molecule has 0 saturated heterocycles. The summed E-state index contributed by atoms with van der Waals surface area (Å²) in [5.74, 6) is -0.821. The molecule has 0 aliphatic heterocycles. The van der Waals surface area contributed by atoms with Crippen molar-refractivity contribution in [3.05, 3.63) is 33.1 Å². The molecule has 1 rings (SSSR count). The van der Waals surface area contributed by atoms with Crippen LogP contribution in [0.4, 0.5) is 15.8 Å². The van der Waals surface area contributed by atoms with Crippen LogP contribution < -0.4 is 5.32 Å². The first kappa shape index (κ1) is 14.7. The van der Waals surface area contributed by atoms with Crippen molar-refractivity contribution in [1.82, 2.24) is 0 Å². The zero-order chi connectivity index (χ0) is 13.7. The lowest BCUT2D eigenvalue weighted by Crippen LogP contribution is -2.08. The molecule has 2 N–H and O–H groups in total. The first-order chi connectivity index (χ1) is 8.41. The Morgan fingerprint density at radius 2 is 2.28 bits per heavy atom. The molecule has 18 heavy (non-hydrogen) atoms. The maximum absolute atomic E-state index is 13.1. The van der Waals surface area contributed by atoms with Gasteiger partial charge in [-0.25, -0.2) is 4.39 Å². The summed E-state index contributed by atoms with van der Waals surface area (Å²) in [6.07, 6.45) is 0.804. The Labute approximate surface area is 109 Å². The number of nitro groups is 1. The number of aliphatic hydroxyl groups is 1. The third kappa shape index (κ3) is 4.12. The molecule has 0 radical (unpaired) electrons. The normalized spacial score (nSPS) is 12.2. The summed E-state index contributed by atoms with van der Waals surface area (Å²) in [6, 6.07) is 1.98. The van der Waals surface area contributed by atoms with Crippen molar-refractivity contribution < 1.29 is 14.4 Å². The lowest BCUT2D eigenvalue weighted by Gasteiger charge is -2.08. The highest BCUT2D eigenvalue weighted by molar-refractivity contribution is 6.31. The SMILES string of the molecule is CC(O)CCCNc1cc(Cl)c(F)cc1[N+](=O)[O-]. The molecule has 0 saturated carbocycles. The van der Waals surface area contributed by atoms with Crippen molar-refractivity contribution in [1.29, 1.82) is 0 Å². The fourth-order valence-corrected chi connectivity index (χ4v) is 1.61. The van der Waals surface area contributed by atoms with Gasteiger partial charge in [0.2, 0.25) is 0 Å². The van der Waals surface area contributed by atoms with Crippen molar-refractivity contribution in [2.24, 2.45) is 0 Å². The van der Waals surface area contributed by atoms with E-state index in [1.165, 1.54) is 6.07 Å². The van der Waals surface area contributed by atoms with E-state index in [4.69, 9.17) is 16.7 Å². The third-order valence-electron chi connectivity index (χ3n) is 2.35. The number of rotatable bonds is 6. The van der Waals surface area contributed by atoms with Crippen molar-refractivity contribution in [2.45, 2.75) is 25.9 Å². The molecule has 0 fully saturated rings. The van der Waals surface area contributed by atoms with Crippen LogP contribution in [0.3, 0.4) is 0 Å². The van der Waals surface area contributed by atoms with E-state index in [1.54, 1.807) is 6.92 Å². The topological polar surface area (TPSA) is 75.4 Å². The largest absolute Gasteiger partial charge is 0.393 e. The van der Waals surface area contributed by atoms with Crippen LogP contribution in [0, 0.1) is 15.9 Å². The average Bonchev–Trinajstić information content (AvgIpc) is 2.28. The Bertz CT molecular complexity index is 441. The molecule has 0 aromatic heterocycles. The quantitative estimate of drug-likeness (QED) is 0.476. The van der Waals surface area contributed by atoms with E-state index in [2.05, 4.69) is 5.32 Å². The number of halogens is 2. The zero-order valence-corrected chi connectivity index (χ0v) is 10.6. The molecule has 0 aliphatic carbocycles. The highest BCUT2D eigenvalue weighted by atomic mass is 35.5. The summed E-state index contributed by atoms with van der Waals surface area (Å²) in [7, 11) is 0. The van der Waals surface area contributed by atoms with Crippen LogP contribution in [0.1, 0.15) is 19.8 Å². The van der Waals surface area contributed by atoms with Crippen molar-refractivity contribution in [3.8, 4) is 0 Å². The predicted molar refractivity (Wildman–Crippen MR) is 67.5 cm³/mol. The average molecular weight is 277 g/mol. The molecular weight excluding hydrogens is 263 g/mol. The van der Waals surface area contributed by atoms with Gasteiger partial charge in [-0.05, 0) is 25.8 Å². The van der Waals surface area contributed by atoms with E-state index in [-0.39, 0.29) is 16.4 Å². The summed E-state index contributed by atoms with van der Waals surface area (Å²) < 4.78 is 13.1. The molecule has 0 amide bonds. The lowest BCUT2D eigenvalue weighted by atomic mass is 10.2. The van der Waals surface area contributed by atoms with Gasteiger partial charge in [0.25, 0.3) is 5.69 Å². The van der Waals surface area contributed by atoms with Crippen LogP contribution in [-0.4, -0.2) is 22.7 Å². The number of aliphatic hydroxyl groups excluding tert-OH is 1.